The quantitative estimate of drug-likeness (QED) is 0.465. The van der Waals surface area contributed by atoms with Gasteiger partial charge in [-0.3, -0.25) is 0 Å². The van der Waals surface area contributed by atoms with Crippen molar-refractivity contribution < 1.29 is 9.90 Å². The number of likely N-dealkylation sites (N-methyl/N-ethyl adjacent to an activating group) is 1. The molecule has 6 heteroatoms. The highest BCUT2D eigenvalue weighted by Gasteiger charge is 2.41. The zero-order chi connectivity index (χ0) is 23.0. The van der Waals surface area contributed by atoms with Gasteiger partial charge in [0.15, 0.2) is 0 Å². The fourth-order valence-electron chi connectivity index (χ4n) is 5.81. The molecule has 1 unspecified atom stereocenters. The van der Waals surface area contributed by atoms with E-state index in [2.05, 4.69) is 17.6 Å². The zero-order valence-corrected chi connectivity index (χ0v) is 20.7. The zero-order valence-electron chi connectivity index (χ0n) is 19.9. The first-order chi connectivity index (χ1) is 15.5. The summed E-state index contributed by atoms with van der Waals surface area (Å²) in [4.78, 5) is 15.1. The van der Waals surface area contributed by atoms with E-state index in [1.165, 1.54) is 32.1 Å². The number of carbonyl (C=O) groups is 1. The Balaban J connectivity index is 1.66. The van der Waals surface area contributed by atoms with E-state index in [0.717, 1.165) is 44.3 Å². The molecule has 5 nitrogen and oxygen atoms in total. The van der Waals surface area contributed by atoms with E-state index < -0.39 is 5.60 Å². The van der Waals surface area contributed by atoms with Gasteiger partial charge in [0.1, 0.15) is 0 Å². The van der Waals surface area contributed by atoms with E-state index in [-0.39, 0.29) is 18.0 Å². The Morgan fingerprint density at radius 3 is 2.72 bits per heavy atom. The van der Waals surface area contributed by atoms with Gasteiger partial charge in [-0.2, -0.15) is 0 Å². The Morgan fingerprint density at radius 2 is 2.03 bits per heavy atom. The second-order valence-electron chi connectivity index (χ2n) is 9.91. The number of carbonyl (C=O) groups excluding carboxylic acids is 1. The summed E-state index contributed by atoms with van der Waals surface area (Å²) in [7, 11) is 1.95. The van der Waals surface area contributed by atoms with Crippen molar-refractivity contribution in [2.24, 2.45) is 11.8 Å². The summed E-state index contributed by atoms with van der Waals surface area (Å²) >= 11 is 6.24. The molecule has 3 atom stereocenters. The largest absolute Gasteiger partial charge is 0.385 e. The van der Waals surface area contributed by atoms with Crippen LogP contribution in [0.1, 0.15) is 76.7 Å². The molecular formula is C26H42ClN3O2. The molecule has 1 heterocycles. The predicted molar refractivity (Wildman–Crippen MR) is 132 cm³/mol. The number of halogens is 1. The number of benzene rings is 1. The molecule has 0 bridgehead atoms. The average molecular weight is 464 g/mol. The Hall–Kier alpha value is -1.30. The van der Waals surface area contributed by atoms with Crippen LogP contribution in [-0.4, -0.2) is 48.8 Å². The van der Waals surface area contributed by atoms with Gasteiger partial charge in [-0.15, -0.1) is 0 Å². The molecule has 0 aromatic heterocycles. The molecule has 1 aromatic rings. The Labute approximate surface area is 199 Å². The van der Waals surface area contributed by atoms with Crippen molar-refractivity contribution in [3.05, 3.63) is 34.9 Å². The van der Waals surface area contributed by atoms with Crippen molar-refractivity contribution in [2.75, 3.05) is 26.7 Å². The summed E-state index contributed by atoms with van der Waals surface area (Å²) in [5.41, 5.74) is -0.102. The topological polar surface area (TPSA) is 64.6 Å². The third-order valence-electron chi connectivity index (χ3n) is 7.46. The Morgan fingerprint density at radius 1 is 1.25 bits per heavy atom. The summed E-state index contributed by atoms with van der Waals surface area (Å²) in [5.74, 6) is 0.718. The van der Waals surface area contributed by atoms with Crippen LogP contribution in [0.25, 0.3) is 0 Å². The number of nitrogens with one attached hydrogen (secondary N) is 2. The van der Waals surface area contributed by atoms with Gasteiger partial charge in [-0.25, -0.2) is 4.79 Å². The highest BCUT2D eigenvalue weighted by atomic mass is 35.5. The molecule has 1 saturated carbocycles. The number of piperidine rings is 1. The Kier molecular flexibility index (Phi) is 9.69. The number of amides is 2. The van der Waals surface area contributed by atoms with Crippen molar-refractivity contribution in [1.29, 1.82) is 0 Å². The first-order valence-corrected chi connectivity index (χ1v) is 13.0. The lowest BCUT2D eigenvalue weighted by atomic mass is 9.74. The van der Waals surface area contributed by atoms with Crippen LogP contribution in [-0.2, 0) is 5.60 Å². The monoisotopic (exact) mass is 463 g/mol. The van der Waals surface area contributed by atoms with E-state index in [4.69, 9.17) is 11.6 Å². The summed E-state index contributed by atoms with van der Waals surface area (Å²) < 4.78 is 0. The minimum absolute atomic E-state index is 0.00140. The highest BCUT2D eigenvalue weighted by Crippen LogP contribution is 2.40. The van der Waals surface area contributed by atoms with Crippen molar-refractivity contribution in [3.63, 3.8) is 0 Å². The molecule has 1 aromatic carbocycles. The maximum absolute atomic E-state index is 13.2. The number of hydrogen-bond donors (Lipinski definition) is 3. The minimum Gasteiger partial charge on any atom is -0.385 e. The van der Waals surface area contributed by atoms with Crippen molar-refractivity contribution in [3.8, 4) is 0 Å². The van der Waals surface area contributed by atoms with Gasteiger partial charge in [0.05, 0.1) is 5.60 Å². The SMILES string of the molecule is CCC[C@@](O)(c1cccc(Cl)c1)[C@@H]1CCCN(C(=O)NC(CNC)CC2CCCCC2)C1. The number of hydrogen-bond acceptors (Lipinski definition) is 3. The van der Waals surface area contributed by atoms with Crippen LogP contribution < -0.4 is 10.6 Å². The van der Waals surface area contributed by atoms with Gasteiger partial charge in [0.25, 0.3) is 0 Å². The maximum atomic E-state index is 13.2. The van der Waals surface area contributed by atoms with E-state index in [9.17, 15) is 9.90 Å². The molecule has 1 saturated heterocycles. The number of rotatable bonds is 9. The van der Waals surface area contributed by atoms with Crippen LogP contribution in [0.4, 0.5) is 4.79 Å². The number of nitrogens with zero attached hydrogens (tertiary/aromatic N) is 1. The highest BCUT2D eigenvalue weighted by molar-refractivity contribution is 6.30. The lowest BCUT2D eigenvalue weighted by Crippen LogP contribution is -2.54. The van der Waals surface area contributed by atoms with Crippen LogP contribution in [0.2, 0.25) is 5.02 Å². The lowest BCUT2D eigenvalue weighted by Gasteiger charge is -2.43. The fraction of sp³-hybridized carbons (Fsp3) is 0.731. The lowest BCUT2D eigenvalue weighted by molar-refractivity contribution is -0.0545. The first-order valence-electron chi connectivity index (χ1n) is 12.6. The van der Waals surface area contributed by atoms with Crippen LogP contribution in [0.3, 0.4) is 0 Å². The third kappa shape index (κ3) is 6.61. The van der Waals surface area contributed by atoms with E-state index in [1.807, 2.05) is 36.2 Å². The van der Waals surface area contributed by atoms with Gasteiger partial charge < -0.3 is 20.6 Å². The summed E-state index contributed by atoms with van der Waals surface area (Å²) in [6.07, 6.45) is 11.0. The van der Waals surface area contributed by atoms with Crippen molar-refractivity contribution in [2.45, 2.75) is 82.8 Å². The molecule has 1 aliphatic heterocycles. The van der Waals surface area contributed by atoms with Crippen LogP contribution >= 0.6 is 11.6 Å². The molecule has 3 N–H and O–H groups in total. The third-order valence-corrected chi connectivity index (χ3v) is 7.70. The molecule has 2 fully saturated rings. The minimum atomic E-state index is -0.967. The van der Waals surface area contributed by atoms with Gasteiger partial charge >= 0.3 is 6.03 Å². The molecule has 0 radical (unpaired) electrons. The molecule has 180 valence electrons. The Bertz CT molecular complexity index is 725. The molecule has 3 rings (SSSR count). The summed E-state index contributed by atoms with van der Waals surface area (Å²) in [6, 6.07) is 7.75. The van der Waals surface area contributed by atoms with Crippen molar-refractivity contribution >= 4 is 17.6 Å². The van der Waals surface area contributed by atoms with Gasteiger partial charge in [-0.1, -0.05) is 69.2 Å². The second-order valence-corrected chi connectivity index (χ2v) is 10.4. The molecular weight excluding hydrogens is 422 g/mol. The number of urea groups is 1. The molecule has 1 aliphatic carbocycles. The smallest absolute Gasteiger partial charge is 0.317 e. The van der Waals surface area contributed by atoms with Crippen LogP contribution in [0.15, 0.2) is 24.3 Å². The van der Waals surface area contributed by atoms with Gasteiger partial charge in [0.2, 0.25) is 0 Å². The van der Waals surface area contributed by atoms with Crippen LogP contribution in [0.5, 0.6) is 0 Å². The molecule has 2 aliphatic rings. The summed E-state index contributed by atoms with van der Waals surface area (Å²) in [5, 5.41) is 19.0. The van der Waals surface area contributed by atoms with E-state index >= 15 is 0 Å². The van der Waals surface area contributed by atoms with Crippen LogP contribution in [0, 0.1) is 11.8 Å². The second kappa shape index (κ2) is 12.2. The van der Waals surface area contributed by atoms with Gasteiger partial charge in [0, 0.05) is 36.6 Å². The maximum Gasteiger partial charge on any atom is 0.317 e. The molecule has 2 amide bonds. The van der Waals surface area contributed by atoms with E-state index in [1.54, 1.807) is 0 Å². The fourth-order valence-corrected chi connectivity index (χ4v) is 6.00. The normalized spacial score (nSPS) is 22.9. The predicted octanol–water partition coefficient (Wildman–Crippen LogP) is 5.31. The average Bonchev–Trinajstić information content (AvgIpc) is 2.80. The van der Waals surface area contributed by atoms with Crippen molar-refractivity contribution in [1.82, 2.24) is 15.5 Å². The first kappa shape index (κ1) is 25.3. The number of aliphatic hydroxyl groups is 1. The standard InChI is InChI=1S/C26H42ClN3O2/c1-3-14-26(32,21-11-7-13-23(27)17-21)22-12-8-15-30(19-22)25(31)29-24(18-28-2)16-20-9-5-4-6-10-20/h7,11,13,17,20,22,24,28,32H,3-6,8-10,12,14-16,18-19H2,1-2H3,(H,29,31)/t22-,24?,26-/m1/s1. The number of likely N-dealkylation sites (tertiary alicyclic amines) is 1. The molecule has 0 spiro atoms. The van der Waals surface area contributed by atoms with E-state index in [0.29, 0.717) is 23.9 Å². The molecule has 32 heavy (non-hydrogen) atoms. The van der Waals surface area contributed by atoms with Gasteiger partial charge in [-0.05, 0) is 56.3 Å². The summed E-state index contributed by atoms with van der Waals surface area (Å²) in [6.45, 7) is 4.21.